The van der Waals surface area contributed by atoms with Gasteiger partial charge in [-0.15, -0.1) is 0 Å². The van der Waals surface area contributed by atoms with E-state index in [4.69, 9.17) is 9.84 Å². The van der Waals surface area contributed by atoms with Crippen molar-refractivity contribution in [2.75, 3.05) is 13.7 Å². The van der Waals surface area contributed by atoms with Gasteiger partial charge < -0.3 is 15.2 Å². The predicted molar refractivity (Wildman–Crippen MR) is 80.9 cm³/mol. The number of amides is 1. The number of ether oxygens (including phenoxy) is 1. The Labute approximate surface area is 133 Å². The highest BCUT2D eigenvalue weighted by molar-refractivity contribution is 7.89. The third-order valence-electron chi connectivity index (χ3n) is 3.71. The van der Waals surface area contributed by atoms with Gasteiger partial charge in [-0.2, -0.15) is 0 Å². The molecule has 0 aliphatic carbocycles. The normalized spacial score (nSPS) is 21.0. The molecule has 1 saturated heterocycles. The number of sulfonamides is 1. The number of carboxylic acids is 1. The highest BCUT2D eigenvalue weighted by Crippen LogP contribution is 2.23. The molecule has 0 radical (unpaired) electrons. The fraction of sp³-hybridized carbons (Fsp3) is 0.429. The highest BCUT2D eigenvalue weighted by Gasteiger charge is 2.34. The Morgan fingerprint density at radius 1 is 1.48 bits per heavy atom. The van der Waals surface area contributed by atoms with Crippen LogP contribution in [0.4, 0.5) is 0 Å². The number of carbonyl (C=O) groups excluding carboxylic acids is 1. The number of hydrogen-bond acceptors (Lipinski definition) is 5. The lowest BCUT2D eigenvalue weighted by atomic mass is 10.0. The Kier molecular flexibility index (Phi) is 4.62. The Hall–Kier alpha value is -2.13. The van der Waals surface area contributed by atoms with E-state index in [1.54, 1.807) is 6.92 Å². The maximum Gasteiger partial charge on any atom is 0.339 e. The second-order valence-corrected chi connectivity index (χ2v) is 7.37. The van der Waals surface area contributed by atoms with E-state index in [9.17, 15) is 18.0 Å². The molecule has 1 atom stereocenters. The van der Waals surface area contributed by atoms with E-state index in [-0.39, 0.29) is 28.7 Å². The predicted octanol–water partition coefficient (Wildman–Crippen LogP) is 0.340. The summed E-state index contributed by atoms with van der Waals surface area (Å²) in [7, 11) is -2.60. The van der Waals surface area contributed by atoms with Crippen LogP contribution in [0.2, 0.25) is 0 Å². The molecule has 8 nitrogen and oxygen atoms in total. The molecule has 1 amide bonds. The third kappa shape index (κ3) is 3.80. The molecule has 1 heterocycles. The quantitative estimate of drug-likeness (QED) is 0.685. The van der Waals surface area contributed by atoms with Gasteiger partial charge >= 0.3 is 5.97 Å². The summed E-state index contributed by atoms with van der Waals surface area (Å²) in [5.74, 6) is -1.33. The first-order valence-electron chi connectivity index (χ1n) is 6.89. The first-order chi connectivity index (χ1) is 10.7. The number of rotatable bonds is 6. The van der Waals surface area contributed by atoms with Gasteiger partial charge in [0.1, 0.15) is 11.3 Å². The summed E-state index contributed by atoms with van der Waals surface area (Å²) in [6.07, 6.45) is 0.876. The Balaban J connectivity index is 2.21. The average Bonchev–Trinajstić information content (AvgIpc) is 2.84. The van der Waals surface area contributed by atoms with Gasteiger partial charge in [-0.25, -0.2) is 17.9 Å². The zero-order valence-corrected chi connectivity index (χ0v) is 13.6. The van der Waals surface area contributed by atoms with E-state index >= 15 is 0 Å². The second-order valence-electron chi connectivity index (χ2n) is 5.60. The zero-order valence-electron chi connectivity index (χ0n) is 12.8. The average molecular weight is 342 g/mol. The summed E-state index contributed by atoms with van der Waals surface area (Å²) in [5, 5.41) is 11.8. The summed E-state index contributed by atoms with van der Waals surface area (Å²) < 4.78 is 32.0. The fourth-order valence-electron chi connectivity index (χ4n) is 2.34. The lowest BCUT2D eigenvalue weighted by Crippen LogP contribution is -2.48. The largest absolute Gasteiger partial charge is 0.496 e. The van der Waals surface area contributed by atoms with Crippen molar-refractivity contribution >= 4 is 21.9 Å². The minimum Gasteiger partial charge on any atom is -0.496 e. The summed E-state index contributed by atoms with van der Waals surface area (Å²) in [6, 6.07) is 3.60. The van der Waals surface area contributed by atoms with Crippen LogP contribution >= 0.6 is 0 Å². The van der Waals surface area contributed by atoms with Gasteiger partial charge in [-0.3, -0.25) is 4.79 Å². The van der Waals surface area contributed by atoms with Crippen molar-refractivity contribution < 1.29 is 27.9 Å². The molecule has 3 N–H and O–H groups in total. The van der Waals surface area contributed by atoms with Crippen LogP contribution in [0.5, 0.6) is 5.75 Å². The first-order valence-corrected chi connectivity index (χ1v) is 8.37. The molecule has 0 aromatic heterocycles. The van der Waals surface area contributed by atoms with E-state index in [2.05, 4.69) is 10.0 Å². The van der Waals surface area contributed by atoms with Crippen LogP contribution in [-0.4, -0.2) is 44.6 Å². The molecule has 0 saturated carbocycles. The van der Waals surface area contributed by atoms with E-state index < -0.39 is 21.5 Å². The first kappa shape index (κ1) is 17.2. The van der Waals surface area contributed by atoms with Crippen molar-refractivity contribution in [1.29, 1.82) is 0 Å². The van der Waals surface area contributed by atoms with E-state index in [0.717, 1.165) is 6.07 Å². The van der Waals surface area contributed by atoms with E-state index in [1.165, 1.54) is 19.2 Å². The third-order valence-corrected chi connectivity index (χ3v) is 5.11. The van der Waals surface area contributed by atoms with Crippen LogP contribution in [0.25, 0.3) is 0 Å². The van der Waals surface area contributed by atoms with Crippen LogP contribution in [0, 0.1) is 0 Å². The van der Waals surface area contributed by atoms with Gasteiger partial charge in [-0.1, -0.05) is 0 Å². The second kappa shape index (κ2) is 6.17. The van der Waals surface area contributed by atoms with Gasteiger partial charge in [0, 0.05) is 13.0 Å². The number of benzene rings is 1. The monoisotopic (exact) mass is 342 g/mol. The van der Waals surface area contributed by atoms with Crippen LogP contribution < -0.4 is 14.8 Å². The van der Waals surface area contributed by atoms with Crippen LogP contribution in [-0.2, 0) is 14.8 Å². The maximum absolute atomic E-state index is 12.3. The summed E-state index contributed by atoms with van der Waals surface area (Å²) in [4.78, 5) is 22.3. The maximum atomic E-state index is 12.3. The molecule has 0 bridgehead atoms. The Morgan fingerprint density at radius 2 is 2.17 bits per heavy atom. The number of methoxy groups -OCH3 is 1. The lowest BCUT2D eigenvalue weighted by molar-refractivity contribution is -0.119. The molecule has 1 aromatic rings. The van der Waals surface area contributed by atoms with Crippen molar-refractivity contribution in [3.63, 3.8) is 0 Å². The minimum atomic E-state index is -3.90. The lowest BCUT2D eigenvalue weighted by Gasteiger charge is -2.24. The molecule has 2 rings (SSSR count). The molecule has 23 heavy (non-hydrogen) atoms. The van der Waals surface area contributed by atoms with Crippen molar-refractivity contribution in [2.45, 2.75) is 30.2 Å². The van der Waals surface area contributed by atoms with Crippen molar-refractivity contribution in [2.24, 2.45) is 0 Å². The molecule has 1 aliphatic heterocycles. The Bertz CT molecular complexity index is 746. The Morgan fingerprint density at radius 3 is 2.70 bits per heavy atom. The van der Waals surface area contributed by atoms with Gasteiger partial charge in [0.15, 0.2) is 0 Å². The molecule has 1 fully saturated rings. The molecule has 1 unspecified atom stereocenters. The van der Waals surface area contributed by atoms with Crippen molar-refractivity contribution in [1.82, 2.24) is 10.0 Å². The number of hydrogen-bond donors (Lipinski definition) is 3. The number of carboxylic acid groups (broad SMARTS) is 1. The van der Waals surface area contributed by atoms with E-state index in [1.807, 2.05) is 0 Å². The molecule has 1 aliphatic rings. The molecule has 9 heteroatoms. The van der Waals surface area contributed by atoms with Gasteiger partial charge in [0.05, 0.1) is 17.5 Å². The van der Waals surface area contributed by atoms with Crippen molar-refractivity contribution in [3.05, 3.63) is 23.8 Å². The molecule has 1 aromatic carbocycles. The number of aromatic carboxylic acids is 1. The van der Waals surface area contributed by atoms with E-state index in [0.29, 0.717) is 12.8 Å². The topological polar surface area (TPSA) is 122 Å². The molecular weight excluding hydrogens is 324 g/mol. The standard InChI is InChI=1S/C14H18N2O6S/c1-14(6-5-12(17)16-14)8-15-23(20,21)9-3-4-11(22-2)10(7-9)13(18)19/h3-4,7,15H,5-6,8H2,1-2H3,(H,16,17)(H,18,19). The molecule has 126 valence electrons. The zero-order chi connectivity index (χ0) is 17.3. The van der Waals surface area contributed by atoms with Gasteiger partial charge in [-0.05, 0) is 31.5 Å². The van der Waals surface area contributed by atoms with Gasteiger partial charge in [0.25, 0.3) is 0 Å². The SMILES string of the molecule is COc1ccc(S(=O)(=O)NCC2(C)CCC(=O)N2)cc1C(=O)O. The fourth-order valence-corrected chi connectivity index (χ4v) is 3.54. The molecule has 0 spiro atoms. The summed E-state index contributed by atoms with van der Waals surface area (Å²) >= 11 is 0. The number of nitrogens with one attached hydrogen (secondary N) is 2. The smallest absolute Gasteiger partial charge is 0.339 e. The number of carbonyl (C=O) groups is 2. The van der Waals surface area contributed by atoms with Crippen molar-refractivity contribution in [3.8, 4) is 5.75 Å². The minimum absolute atomic E-state index is 0.0233. The van der Waals surface area contributed by atoms with Crippen LogP contribution in [0.1, 0.15) is 30.1 Å². The summed E-state index contributed by atoms with van der Waals surface area (Å²) in [6.45, 7) is 1.77. The van der Waals surface area contributed by atoms with Crippen LogP contribution in [0.15, 0.2) is 23.1 Å². The highest BCUT2D eigenvalue weighted by atomic mass is 32.2. The van der Waals surface area contributed by atoms with Gasteiger partial charge in [0.2, 0.25) is 15.9 Å². The summed E-state index contributed by atoms with van der Waals surface area (Å²) in [5.41, 5.74) is -0.887. The van der Waals surface area contributed by atoms with Crippen LogP contribution in [0.3, 0.4) is 0 Å². The molecular formula is C14H18N2O6S.